The summed E-state index contributed by atoms with van der Waals surface area (Å²) in [6.07, 6.45) is 0. The van der Waals surface area contributed by atoms with Gasteiger partial charge >= 0.3 is 0 Å². The third-order valence-corrected chi connectivity index (χ3v) is 5.76. The van der Waals surface area contributed by atoms with Crippen molar-refractivity contribution in [3.05, 3.63) is 47.5 Å². The zero-order valence-corrected chi connectivity index (χ0v) is 17.2. The number of hydrogen-bond acceptors (Lipinski definition) is 9. The number of ether oxygens (including phenoxy) is 2. The van der Waals surface area contributed by atoms with Crippen molar-refractivity contribution in [2.24, 2.45) is 0 Å². The van der Waals surface area contributed by atoms with Crippen LogP contribution in [-0.2, 0) is 4.79 Å². The Balaban J connectivity index is 1.42. The molecule has 0 aliphatic carbocycles. The third kappa shape index (κ3) is 4.28. The number of benzene rings is 1. The van der Waals surface area contributed by atoms with Gasteiger partial charge in [-0.05, 0) is 30.5 Å². The van der Waals surface area contributed by atoms with Gasteiger partial charge in [0.05, 0.1) is 17.7 Å². The van der Waals surface area contributed by atoms with Crippen LogP contribution in [0.1, 0.15) is 5.69 Å². The summed E-state index contributed by atoms with van der Waals surface area (Å²) < 4.78 is 16.1. The molecule has 0 aliphatic heterocycles. The lowest BCUT2D eigenvalue weighted by Gasteiger charge is -2.09. The summed E-state index contributed by atoms with van der Waals surface area (Å²) in [5, 5.41) is 9.12. The Hall–Kier alpha value is -3.24. The highest BCUT2D eigenvalue weighted by molar-refractivity contribution is 7.19. The van der Waals surface area contributed by atoms with Crippen LogP contribution in [0, 0.1) is 6.92 Å². The second-order valence-corrected chi connectivity index (χ2v) is 7.77. The number of para-hydroxylation sites is 2. The monoisotopic (exact) mass is 428 g/mol. The van der Waals surface area contributed by atoms with Gasteiger partial charge in [0.25, 0.3) is 11.8 Å². The number of nitrogens with one attached hydrogen (secondary N) is 1. The molecular weight excluding hydrogens is 412 g/mol. The molecule has 3 aromatic heterocycles. The Morgan fingerprint density at radius 3 is 2.76 bits per heavy atom. The van der Waals surface area contributed by atoms with Gasteiger partial charge in [0.2, 0.25) is 5.82 Å². The minimum atomic E-state index is -0.332. The van der Waals surface area contributed by atoms with Crippen LogP contribution in [-0.4, -0.2) is 34.7 Å². The zero-order valence-electron chi connectivity index (χ0n) is 15.5. The number of anilines is 1. The van der Waals surface area contributed by atoms with Crippen LogP contribution in [0.25, 0.3) is 21.5 Å². The molecule has 0 saturated carbocycles. The molecule has 3 heterocycles. The number of thiophene rings is 1. The summed E-state index contributed by atoms with van der Waals surface area (Å²) in [7, 11) is 1.55. The molecule has 10 heteroatoms. The zero-order chi connectivity index (χ0) is 20.2. The van der Waals surface area contributed by atoms with Crippen LogP contribution in [0.2, 0.25) is 0 Å². The standard InChI is InChI=1S/C19H16N4O4S2/c1-11-16(18-22-17(23-27-18)14-8-5-9-28-14)29-19(20-11)21-15(24)10-26-13-7-4-3-6-12(13)25-2/h3-9H,10H2,1-2H3,(H,20,21,24). The predicted molar refractivity (Wildman–Crippen MR) is 111 cm³/mol. The molecule has 148 valence electrons. The van der Waals surface area contributed by atoms with E-state index in [2.05, 4.69) is 20.4 Å². The highest BCUT2D eigenvalue weighted by Gasteiger charge is 2.19. The topological polar surface area (TPSA) is 99.4 Å². The SMILES string of the molecule is COc1ccccc1OCC(=O)Nc1nc(C)c(-c2nc(-c3cccs3)no2)s1. The van der Waals surface area contributed by atoms with Gasteiger partial charge in [-0.3, -0.25) is 10.1 Å². The average molecular weight is 428 g/mol. The molecule has 0 atom stereocenters. The van der Waals surface area contributed by atoms with Crippen LogP contribution in [0.4, 0.5) is 5.13 Å². The molecule has 1 aromatic carbocycles. The van der Waals surface area contributed by atoms with Crippen molar-refractivity contribution in [2.45, 2.75) is 6.92 Å². The third-order valence-electron chi connectivity index (χ3n) is 3.83. The van der Waals surface area contributed by atoms with E-state index in [9.17, 15) is 4.79 Å². The first-order valence-corrected chi connectivity index (χ1v) is 10.2. The highest BCUT2D eigenvalue weighted by atomic mass is 32.1. The van der Waals surface area contributed by atoms with E-state index in [1.54, 1.807) is 25.3 Å². The van der Waals surface area contributed by atoms with Crippen LogP contribution in [0.5, 0.6) is 11.5 Å². The van der Waals surface area contributed by atoms with Crippen molar-refractivity contribution in [3.8, 4) is 33.0 Å². The molecule has 0 fully saturated rings. The van der Waals surface area contributed by atoms with Crippen molar-refractivity contribution in [2.75, 3.05) is 19.0 Å². The average Bonchev–Trinajstić information content (AvgIpc) is 3.47. The molecule has 4 aromatic rings. The summed E-state index contributed by atoms with van der Waals surface area (Å²) in [5.41, 5.74) is 0.692. The van der Waals surface area contributed by atoms with E-state index < -0.39 is 0 Å². The lowest BCUT2D eigenvalue weighted by molar-refractivity contribution is -0.118. The minimum Gasteiger partial charge on any atom is -0.493 e. The number of methoxy groups -OCH3 is 1. The minimum absolute atomic E-state index is 0.169. The summed E-state index contributed by atoms with van der Waals surface area (Å²) in [4.78, 5) is 22.7. The summed E-state index contributed by atoms with van der Waals surface area (Å²) in [6.45, 7) is 1.65. The molecule has 29 heavy (non-hydrogen) atoms. The molecule has 0 bridgehead atoms. The normalized spacial score (nSPS) is 10.7. The maximum Gasteiger partial charge on any atom is 0.270 e. The van der Waals surface area contributed by atoms with Gasteiger partial charge in [0.1, 0.15) is 4.88 Å². The first-order valence-electron chi connectivity index (χ1n) is 8.55. The number of carbonyl (C=O) groups excluding carboxylic acids is 1. The van der Waals surface area contributed by atoms with Crippen molar-refractivity contribution in [3.63, 3.8) is 0 Å². The largest absolute Gasteiger partial charge is 0.493 e. The molecule has 8 nitrogen and oxygen atoms in total. The summed E-state index contributed by atoms with van der Waals surface area (Å²) >= 11 is 2.80. The number of nitrogens with zero attached hydrogens (tertiary/aromatic N) is 3. The predicted octanol–water partition coefficient (Wildman–Crippen LogP) is 4.26. The number of thiazole rings is 1. The molecule has 1 N–H and O–H groups in total. The smallest absolute Gasteiger partial charge is 0.270 e. The van der Waals surface area contributed by atoms with Crippen LogP contribution in [0.3, 0.4) is 0 Å². The quantitative estimate of drug-likeness (QED) is 0.469. The van der Waals surface area contributed by atoms with Gasteiger partial charge in [-0.1, -0.05) is 34.7 Å². The number of amides is 1. The second-order valence-electron chi connectivity index (χ2n) is 5.82. The van der Waals surface area contributed by atoms with Crippen molar-refractivity contribution >= 4 is 33.7 Å². The van der Waals surface area contributed by atoms with Gasteiger partial charge in [-0.25, -0.2) is 4.98 Å². The lowest BCUT2D eigenvalue weighted by Crippen LogP contribution is -2.20. The van der Waals surface area contributed by atoms with Gasteiger partial charge in [-0.15, -0.1) is 11.3 Å². The van der Waals surface area contributed by atoms with E-state index in [1.165, 1.54) is 22.7 Å². The van der Waals surface area contributed by atoms with Gasteiger partial charge in [0, 0.05) is 0 Å². The maximum absolute atomic E-state index is 12.2. The van der Waals surface area contributed by atoms with Crippen molar-refractivity contribution in [1.82, 2.24) is 15.1 Å². The Kier molecular flexibility index (Phi) is 5.54. The van der Waals surface area contributed by atoms with Crippen LogP contribution >= 0.6 is 22.7 Å². The van der Waals surface area contributed by atoms with Crippen molar-refractivity contribution in [1.29, 1.82) is 0 Å². The number of aromatic nitrogens is 3. The van der Waals surface area contributed by atoms with E-state index in [4.69, 9.17) is 14.0 Å². The van der Waals surface area contributed by atoms with E-state index in [0.29, 0.717) is 38.9 Å². The van der Waals surface area contributed by atoms with E-state index in [-0.39, 0.29) is 12.5 Å². The van der Waals surface area contributed by atoms with Crippen LogP contribution in [0.15, 0.2) is 46.3 Å². The molecule has 0 saturated heterocycles. The Bertz CT molecular complexity index is 1120. The highest BCUT2D eigenvalue weighted by Crippen LogP contribution is 2.33. The van der Waals surface area contributed by atoms with E-state index in [1.807, 2.05) is 30.5 Å². The van der Waals surface area contributed by atoms with Gasteiger partial charge in [-0.2, -0.15) is 4.98 Å². The van der Waals surface area contributed by atoms with E-state index >= 15 is 0 Å². The first kappa shape index (κ1) is 19.1. The molecule has 0 unspecified atom stereocenters. The number of aryl methyl sites for hydroxylation is 1. The van der Waals surface area contributed by atoms with Gasteiger partial charge < -0.3 is 14.0 Å². The molecule has 1 amide bonds. The molecule has 0 aliphatic rings. The Labute approximate surface area is 174 Å². The van der Waals surface area contributed by atoms with Crippen molar-refractivity contribution < 1.29 is 18.8 Å². The van der Waals surface area contributed by atoms with Crippen LogP contribution < -0.4 is 14.8 Å². The second kappa shape index (κ2) is 8.41. The molecular formula is C19H16N4O4S2. The maximum atomic E-state index is 12.2. The first-order chi connectivity index (χ1) is 14.1. The fourth-order valence-electron chi connectivity index (χ4n) is 2.51. The number of carbonyl (C=O) groups is 1. The number of hydrogen-bond donors (Lipinski definition) is 1. The fraction of sp³-hybridized carbons (Fsp3) is 0.158. The lowest BCUT2D eigenvalue weighted by atomic mass is 10.3. The fourth-order valence-corrected chi connectivity index (χ4v) is 4.06. The molecule has 4 rings (SSSR count). The summed E-state index contributed by atoms with van der Waals surface area (Å²) in [5.74, 6) is 1.62. The summed E-state index contributed by atoms with van der Waals surface area (Å²) in [6, 6.07) is 11.0. The van der Waals surface area contributed by atoms with E-state index in [0.717, 1.165) is 4.88 Å². The van der Waals surface area contributed by atoms with Gasteiger partial charge in [0.15, 0.2) is 23.2 Å². The molecule has 0 radical (unpaired) electrons. The Morgan fingerprint density at radius 2 is 2.00 bits per heavy atom. The Morgan fingerprint density at radius 1 is 1.17 bits per heavy atom. The number of rotatable bonds is 7. The molecule has 0 spiro atoms.